The molecule has 0 radical (unpaired) electrons. The van der Waals surface area contributed by atoms with Gasteiger partial charge in [0.2, 0.25) is 0 Å². The minimum absolute atomic E-state index is 0.229. The van der Waals surface area contributed by atoms with Gasteiger partial charge in [-0.25, -0.2) is 0 Å². The molecule has 0 aliphatic carbocycles. The average Bonchev–Trinajstić information content (AvgIpc) is 2.34. The van der Waals surface area contributed by atoms with Crippen molar-refractivity contribution in [2.75, 3.05) is 20.0 Å². The summed E-state index contributed by atoms with van der Waals surface area (Å²) in [7, 11) is 2.47. The summed E-state index contributed by atoms with van der Waals surface area (Å²) >= 11 is 0. The number of anilines is 1. The molecule has 0 bridgehead atoms. The van der Waals surface area contributed by atoms with Gasteiger partial charge in [0.05, 0.1) is 7.11 Å². The van der Waals surface area contributed by atoms with Crippen molar-refractivity contribution < 1.29 is 9.84 Å². The molecule has 1 aromatic rings. The lowest BCUT2D eigenvalue weighted by molar-refractivity contribution is 0.399. The number of nitrogens with two attached hydrogens (primary N) is 1. The van der Waals surface area contributed by atoms with Crippen LogP contribution >= 0.6 is 0 Å². The van der Waals surface area contributed by atoms with E-state index < -0.39 is 0 Å². The molecule has 0 aromatic heterocycles. The van der Waals surface area contributed by atoms with Crippen LogP contribution in [0, 0.1) is 4.91 Å². The zero-order valence-corrected chi connectivity index (χ0v) is 9.52. The molecular formula is C10H18N2O3. The fourth-order valence-corrected chi connectivity index (χ4v) is 0.778. The molecule has 1 rings (SSSR count). The van der Waals surface area contributed by atoms with Crippen LogP contribution in [-0.4, -0.2) is 19.3 Å². The van der Waals surface area contributed by atoms with E-state index >= 15 is 0 Å². The van der Waals surface area contributed by atoms with Gasteiger partial charge in [-0.1, -0.05) is 13.8 Å². The standard InChI is InChI=1S/C7H8N2O2.C2H6.CH4O/c1-11-7-3-2-5(8)4-6(7)9-10;2*1-2/h2-4H,8H2,1H3;1-2H3;2H,1H3. The molecule has 0 unspecified atom stereocenters. The van der Waals surface area contributed by atoms with Crippen molar-refractivity contribution in [3.63, 3.8) is 0 Å². The van der Waals surface area contributed by atoms with Gasteiger partial charge in [-0.3, -0.25) is 0 Å². The maximum atomic E-state index is 10.2. The highest BCUT2D eigenvalue weighted by molar-refractivity contribution is 5.59. The lowest BCUT2D eigenvalue weighted by Crippen LogP contribution is -1.86. The number of aliphatic hydroxyl groups is 1. The van der Waals surface area contributed by atoms with Gasteiger partial charge in [0.1, 0.15) is 5.75 Å². The Balaban J connectivity index is 0. The third-order valence-corrected chi connectivity index (χ3v) is 1.30. The first-order chi connectivity index (χ1) is 7.27. The Hall–Kier alpha value is -1.62. The van der Waals surface area contributed by atoms with Crippen molar-refractivity contribution in [2.24, 2.45) is 5.18 Å². The van der Waals surface area contributed by atoms with Gasteiger partial charge >= 0.3 is 0 Å². The highest BCUT2D eigenvalue weighted by atomic mass is 16.5. The second kappa shape index (κ2) is 10.5. The first kappa shape index (κ1) is 15.8. The fraction of sp³-hybridized carbons (Fsp3) is 0.400. The number of hydrogen-bond donors (Lipinski definition) is 2. The third-order valence-electron chi connectivity index (χ3n) is 1.30. The number of rotatable bonds is 2. The minimum Gasteiger partial charge on any atom is -0.494 e. The molecule has 3 N–H and O–H groups in total. The summed E-state index contributed by atoms with van der Waals surface area (Å²) in [5.74, 6) is 0.439. The molecule has 0 fully saturated rings. The normalized spacial score (nSPS) is 7.53. The second-order valence-electron chi connectivity index (χ2n) is 2.02. The molecule has 5 nitrogen and oxygen atoms in total. The van der Waals surface area contributed by atoms with Gasteiger partial charge in [0.15, 0.2) is 5.69 Å². The molecule has 5 heteroatoms. The largest absolute Gasteiger partial charge is 0.494 e. The van der Waals surface area contributed by atoms with E-state index in [2.05, 4.69) is 5.18 Å². The highest BCUT2D eigenvalue weighted by Crippen LogP contribution is 2.28. The number of ether oxygens (including phenoxy) is 1. The van der Waals surface area contributed by atoms with Crippen molar-refractivity contribution >= 4 is 11.4 Å². The van der Waals surface area contributed by atoms with Crippen LogP contribution < -0.4 is 10.5 Å². The number of nitroso groups, excluding NO2 is 1. The zero-order chi connectivity index (χ0) is 12.3. The number of nitrogens with zero attached hydrogens (tertiary/aromatic N) is 1. The van der Waals surface area contributed by atoms with Crippen LogP contribution in [0.15, 0.2) is 23.4 Å². The van der Waals surface area contributed by atoms with Crippen molar-refractivity contribution in [1.29, 1.82) is 0 Å². The molecule has 15 heavy (non-hydrogen) atoms. The molecule has 0 aliphatic heterocycles. The minimum atomic E-state index is 0.229. The Kier molecular flexibility index (Phi) is 11.0. The maximum absolute atomic E-state index is 10.2. The van der Waals surface area contributed by atoms with Gasteiger partial charge < -0.3 is 15.6 Å². The van der Waals surface area contributed by atoms with Gasteiger partial charge in [0, 0.05) is 12.8 Å². The highest BCUT2D eigenvalue weighted by Gasteiger charge is 2.01. The van der Waals surface area contributed by atoms with E-state index in [0.29, 0.717) is 11.4 Å². The fourth-order valence-electron chi connectivity index (χ4n) is 0.778. The van der Waals surface area contributed by atoms with E-state index in [-0.39, 0.29) is 5.69 Å². The predicted molar refractivity (Wildman–Crippen MR) is 62.4 cm³/mol. The lowest BCUT2D eigenvalue weighted by Gasteiger charge is -2.01. The molecule has 1 aromatic carbocycles. The van der Waals surface area contributed by atoms with E-state index in [9.17, 15) is 4.91 Å². The monoisotopic (exact) mass is 214 g/mol. The lowest BCUT2D eigenvalue weighted by atomic mass is 10.2. The van der Waals surface area contributed by atoms with Crippen LogP contribution in [-0.2, 0) is 0 Å². The Morgan fingerprint density at radius 1 is 1.33 bits per heavy atom. The molecule has 0 aliphatic rings. The van der Waals surface area contributed by atoms with Gasteiger partial charge in [-0.15, -0.1) is 4.91 Å². The van der Waals surface area contributed by atoms with Crippen LogP contribution in [0.25, 0.3) is 0 Å². The summed E-state index contributed by atoms with van der Waals surface area (Å²) in [5, 5.41) is 9.75. The Morgan fingerprint density at radius 3 is 2.27 bits per heavy atom. The van der Waals surface area contributed by atoms with E-state index in [0.717, 1.165) is 7.11 Å². The van der Waals surface area contributed by atoms with Gasteiger partial charge in [0.25, 0.3) is 0 Å². The van der Waals surface area contributed by atoms with Gasteiger partial charge in [-0.05, 0) is 23.4 Å². The summed E-state index contributed by atoms with van der Waals surface area (Å²) in [6.07, 6.45) is 0. The molecule has 0 amide bonds. The molecule has 0 atom stereocenters. The topological polar surface area (TPSA) is 84.9 Å². The molecule has 86 valence electrons. The van der Waals surface area contributed by atoms with Gasteiger partial charge in [-0.2, -0.15) is 0 Å². The van der Waals surface area contributed by atoms with Crippen molar-refractivity contribution in [2.45, 2.75) is 13.8 Å². The SMILES string of the molecule is CC.CO.COc1ccc(N)cc1N=O. The number of nitrogen functional groups attached to an aromatic ring is 1. The van der Waals surface area contributed by atoms with Crippen LogP contribution in [0.4, 0.5) is 11.4 Å². The van der Waals surface area contributed by atoms with Crippen molar-refractivity contribution in [1.82, 2.24) is 0 Å². The Morgan fingerprint density at radius 2 is 1.87 bits per heavy atom. The first-order valence-corrected chi connectivity index (χ1v) is 4.49. The summed E-state index contributed by atoms with van der Waals surface area (Å²) in [6, 6.07) is 4.71. The molecular weight excluding hydrogens is 196 g/mol. The first-order valence-electron chi connectivity index (χ1n) is 4.49. The molecule has 0 saturated carbocycles. The van der Waals surface area contributed by atoms with E-state index in [1.165, 1.54) is 13.2 Å². The maximum Gasteiger partial charge on any atom is 0.151 e. The number of benzene rings is 1. The second-order valence-corrected chi connectivity index (χ2v) is 2.02. The molecule has 0 saturated heterocycles. The van der Waals surface area contributed by atoms with E-state index in [1.54, 1.807) is 12.1 Å². The van der Waals surface area contributed by atoms with E-state index in [1.807, 2.05) is 13.8 Å². The zero-order valence-electron chi connectivity index (χ0n) is 9.52. The quantitative estimate of drug-likeness (QED) is 0.584. The third kappa shape index (κ3) is 5.64. The number of hydrogen-bond acceptors (Lipinski definition) is 5. The molecule has 0 heterocycles. The predicted octanol–water partition coefficient (Wildman–Crippen LogP) is 2.31. The van der Waals surface area contributed by atoms with Crippen molar-refractivity contribution in [3.8, 4) is 5.75 Å². The smallest absolute Gasteiger partial charge is 0.151 e. The number of methoxy groups -OCH3 is 1. The summed E-state index contributed by atoms with van der Waals surface area (Å²) < 4.78 is 4.84. The van der Waals surface area contributed by atoms with Crippen molar-refractivity contribution in [3.05, 3.63) is 23.1 Å². The summed E-state index contributed by atoms with van der Waals surface area (Å²) in [5.41, 5.74) is 6.13. The van der Waals surface area contributed by atoms with E-state index in [4.69, 9.17) is 15.6 Å². The van der Waals surface area contributed by atoms with Crippen LogP contribution in [0.5, 0.6) is 5.75 Å². The van der Waals surface area contributed by atoms with Crippen LogP contribution in [0.1, 0.15) is 13.8 Å². The average molecular weight is 214 g/mol. The summed E-state index contributed by atoms with van der Waals surface area (Å²) in [4.78, 5) is 10.2. The Bertz CT molecular complexity index is 277. The Labute approximate surface area is 89.8 Å². The number of aliphatic hydroxyl groups excluding tert-OH is 1. The van der Waals surface area contributed by atoms with Crippen LogP contribution in [0.3, 0.4) is 0 Å². The van der Waals surface area contributed by atoms with Crippen LogP contribution in [0.2, 0.25) is 0 Å². The summed E-state index contributed by atoms with van der Waals surface area (Å²) in [6.45, 7) is 4.00. The molecule has 0 spiro atoms.